The fourth-order valence-electron chi connectivity index (χ4n) is 5.97. The highest BCUT2D eigenvalue weighted by molar-refractivity contribution is 7.18. The first-order valence-corrected chi connectivity index (χ1v) is 17.4. The summed E-state index contributed by atoms with van der Waals surface area (Å²) in [5, 5.41) is 4.08. The van der Waals surface area contributed by atoms with Crippen LogP contribution in [-0.2, 0) is 19.8 Å². The van der Waals surface area contributed by atoms with Crippen molar-refractivity contribution >= 4 is 47.0 Å². The number of hydrogen-bond donors (Lipinski definition) is 1. The van der Waals surface area contributed by atoms with Gasteiger partial charge in [0.05, 0.1) is 15.9 Å². The Morgan fingerprint density at radius 1 is 1.10 bits per heavy atom. The number of hydrogen-bond acceptors (Lipinski definition) is 7. The molecule has 1 saturated heterocycles. The van der Waals surface area contributed by atoms with Gasteiger partial charge in [-0.15, -0.1) is 16.3 Å². The molecule has 6 rings (SSSR count). The number of rotatable bonds is 8. The minimum atomic E-state index is -1.69. The van der Waals surface area contributed by atoms with Crippen LogP contribution in [0.5, 0.6) is 0 Å². The molecular weight excluding hydrogens is 700 g/mol. The molecule has 4 aromatic rings. The molecule has 0 spiro atoms. The normalized spacial score (nSPS) is 18.8. The first-order chi connectivity index (χ1) is 24.2. The van der Waals surface area contributed by atoms with Crippen molar-refractivity contribution in [3.63, 3.8) is 0 Å². The molecule has 1 saturated carbocycles. The predicted molar refractivity (Wildman–Crippen MR) is 190 cm³/mol. The summed E-state index contributed by atoms with van der Waals surface area (Å²) in [4.78, 5) is 53.1. The molecule has 0 radical (unpaired) electrons. The van der Waals surface area contributed by atoms with Crippen LogP contribution in [0.4, 0.5) is 18.4 Å². The Morgan fingerprint density at radius 3 is 2.41 bits per heavy atom. The minimum absolute atomic E-state index is 0.0314. The molecule has 266 valence electrons. The molecule has 2 aliphatic rings. The number of halogens is 3. The number of guanidine groups is 1. The minimum Gasteiger partial charge on any atom is -0.447 e. The Balaban J connectivity index is 1.50. The first-order valence-electron chi connectivity index (χ1n) is 16.2. The van der Waals surface area contributed by atoms with Gasteiger partial charge in [-0.3, -0.25) is 9.69 Å². The molecular formula is C37H36ClF2N5O5S. The summed E-state index contributed by atoms with van der Waals surface area (Å²) in [6, 6.07) is 16.6. The van der Waals surface area contributed by atoms with Crippen LogP contribution < -0.4 is 5.32 Å². The van der Waals surface area contributed by atoms with Crippen LogP contribution in [-0.4, -0.2) is 65.1 Å². The molecule has 1 aliphatic heterocycles. The third-order valence-electron chi connectivity index (χ3n) is 8.40. The van der Waals surface area contributed by atoms with Crippen molar-refractivity contribution in [2.24, 2.45) is 10.9 Å². The number of amides is 3. The van der Waals surface area contributed by atoms with Gasteiger partial charge in [-0.2, -0.15) is 0 Å². The number of aromatic nitrogens is 1. The fourth-order valence-corrected chi connectivity index (χ4v) is 7.19. The zero-order valence-corrected chi connectivity index (χ0v) is 30.1. The number of nitrogens with zero attached hydrogens (tertiary/aromatic N) is 4. The summed E-state index contributed by atoms with van der Waals surface area (Å²) < 4.78 is 40.6. The van der Waals surface area contributed by atoms with E-state index < -0.39 is 52.8 Å². The monoisotopic (exact) mass is 735 g/mol. The molecule has 3 aromatic carbocycles. The molecule has 2 fully saturated rings. The third-order valence-corrected chi connectivity index (χ3v) is 9.81. The maximum absolute atomic E-state index is 15.0. The van der Waals surface area contributed by atoms with Gasteiger partial charge in [0.25, 0.3) is 5.91 Å². The quantitative estimate of drug-likeness (QED) is 0.194. The van der Waals surface area contributed by atoms with Crippen molar-refractivity contribution in [1.29, 1.82) is 0 Å². The van der Waals surface area contributed by atoms with E-state index in [9.17, 15) is 23.2 Å². The Labute approximate surface area is 303 Å². The molecule has 14 heteroatoms. The smallest absolute Gasteiger partial charge is 0.437 e. The fraction of sp³-hybridized carbons (Fsp3) is 0.324. The van der Waals surface area contributed by atoms with E-state index in [1.54, 1.807) is 45.2 Å². The highest BCUT2D eigenvalue weighted by Gasteiger charge is 2.61. The number of carbonyl (C=O) groups excluding carboxylic acids is 3. The maximum atomic E-state index is 15.0. The Hall–Kier alpha value is -4.88. The third kappa shape index (κ3) is 7.59. The number of benzene rings is 3. The van der Waals surface area contributed by atoms with Gasteiger partial charge in [0.15, 0.2) is 0 Å². The van der Waals surface area contributed by atoms with Crippen LogP contribution >= 0.6 is 22.9 Å². The molecule has 1 aliphatic carbocycles. The number of nitrogens with one attached hydrogen (secondary N) is 1. The molecule has 2 heterocycles. The summed E-state index contributed by atoms with van der Waals surface area (Å²) in [5.74, 6) is -3.01. The lowest BCUT2D eigenvalue weighted by Gasteiger charge is -2.31. The molecule has 1 N–H and O–H groups in total. The van der Waals surface area contributed by atoms with Crippen molar-refractivity contribution in [3.05, 3.63) is 101 Å². The molecule has 1 aromatic heterocycles. The zero-order valence-electron chi connectivity index (χ0n) is 28.6. The van der Waals surface area contributed by atoms with E-state index in [0.29, 0.717) is 34.0 Å². The van der Waals surface area contributed by atoms with Crippen LogP contribution in [0.25, 0.3) is 21.0 Å². The van der Waals surface area contributed by atoms with Gasteiger partial charge in [0.1, 0.15) is 34.4 Å². The van der Waals surface area contributed by atoms with Gasteiger partial charge in [0.2, 0.25) is 5.96 Å². The Bertz CT molecular complexity index is 1990. The summed E-state index contributed by atoms with van der Waals surface area (Å²) in [6.07, 6.45) is 1.17. The lowest BCUT2D eigenvalue weighted by molar-refractivity contribution is -0.134. The highest BCUT2D eigenvalue weighted by Crippen LogP contribution is 2.51. The first kappa shape index (κ1) is 35.9. The van der Waals surface area contributed by atoms with Crippen molar-refractivity contribution < 1.29 is 32.6 Å². The van der Waals surface area contributed by atoms with Crippen LogP contribution in [0.1, 0.15) is 50.8 Å². The van der Waals surface area contributed by atoms with Gasteiger partial charge >= 0.3 is 12.2 Å². The van der Waals surface area contributed by atoms with E-state index in [0.717, 1.165) is 28.6 Å². The molecule has 0 bridgehead atoms. The van der Waals surface area contributed by atoms with Crippen LogP contribution in [0, 0.1) is 17.6 Å². The van der Waals surface area contributed by atoms with Crippen molar-refractivity contribution in [2.45, 2.75) is 50.8 Å². The summed E-state index contributed by atoms with van der Waals surface area (Å²) >= 11 is 8.16. The van der Waals surface area contributed by atoms with E-state index in [2.05, 4.69) is 15.3 Å². The van der Waals surface area contributed by atoms with Crippen molar-refractivity contribution in [3.8, 4) is 21.0 Å². The van der Waals surface area contributed by atoms with Gasteiger partial charge in [-0.25, -0.2) is 23.4 Å². The molecule has 0 unspecified atom stereocenters. The van der Waals surface area contributed by atoms with Crippen LogP contribution in [0.3, 0.4) is 0 Å². The molecule has 2 atom stereocenters. The van der Waals surface area contributed by atoms with E-state index in [-0.39, 0.29) is 18.1 Å². The van der Waals surface area contributed by atoms with E-state index in [4.69, 9.17) is 21.1 Å². The summed E-state index contributed by atoms with van der Waals surface area (Å²) in [7, 11) is 3.03. The van der Waals surface area contributed by atoms with E-state index >= 15 is 0 Å². The Morgan fingerprint density at radius 2 is 1.78 bits per heavy atom. The second-order valence-electron chi connectivity index (χ2n) is 13.6. The molecule has 51 heavy (non-hydrogen) atoms. The van der Waals surface area contributed by atoms with Crippen LogP contribution in [0.2, 0.25) is 5.02 Å². The van der Waals surface area contributed by atoms with Gasteiger partial charge in [0, 0.05) is 31.9 Å². The maximum Gasteiger partial charge on any atom is 0.437 e. The van der Waals surface area contributed by atoms with Gasteiger partial charge in [-0.1, -0.05) is 48.0 Å². The average Bonchev–Trinajstić information content (AvgIpc) is 3.73. The number of ether oxygens (including phenoxy) is 2. The number of thiazole rings is 1. The van der Waals surface area contributed by atoms with E-state index in [1.807, 2.05) is 30.3 Å². The van der Waals surface area contributed by atoms with Gasteiger partial charge in [-0.05, 0) is 80.5 Å². The largest absolute Gasteiger partial charge is 0.447 e. The standard InChI is InChI=1S/C37H36ClF2N5O5S/c1-36(2,3)50-34(47)42-33-43-37(23-12-13-23,24-16-25(39)18-26(40)17-24)32(46)45(33)29(20-49-35(48)44(4)5)22-11-14-28(38)27(15-22)31-41-19-30(51-31)21-9-7-6-8-10-21/h6-11,14-19,23,29H,12-13,20H2,1-5H3,(H,42,43,47)/t29-,37-/m1/s1. The van der Waals surface area contributed by atoms with Crippen LogP contribution in [0.15, 0.2) is 77.9 Å². The van der Waals surface area contributed by atoms with Crippen molar-refractivity contribution in [1.82, 2.24) is 20.1 Å². The highest BCUT2D eigenvalue weighted by atomic mass is 35.5. The Kier molecular flexibility index (Phi) is 9.88. The van der Waals surface area contributed by atoms with Gasteiger partial charge < -0.3 is 19.7 Å². The topological polar surface area (TPSA) is 113 Å². The number of carbonyl (C=O) groups is 3. The lowest BCUT2D eigenvalue weighted by atomic mass is 9.84. The second-order valence-corrected chi connectivity index (χ2v) is 15.0. The lowest BCUT2D eigenvalue weighted by Crippen LogP contribution is -2.47. The number of aliphatic imine (C=N–C) groups is 1. The summed E-state index contributed by atoms with van der Waals surface area (Å²) in [5.41, 5.74) is -0.597. The van der Waals surface area contributed by atoms with E-state index in [1.165, 1.54) is 35.2 Å². The predicted octanol–water partition coefficient (Wildman–Crippen LogP) is 8.18. The SMILES string of the molecule is CN(C)C(=O)OC[C@H](c1ccc(Cl)c(-c2ncc(-c3ccccc3)s2)c1)N1C(=O)[C@](c2cc(F)cc(F)c2)(C2CC2)N/C1=N/C(=O)OC(C)(C)C. The average molecular weight is 736 g/mol. The summed E-state index contributed by atoms with van der Waals surface area (Å²) in [6.45, 7) is 4.62. The molecule has 10 nitrogen and oxygen atoms in total. The molecule has 3 amide bonds. The zero-order chi connectivity index (χ0) is 36.7. The second kappa shape index (κ2) is 14.0. The van der Waals surface area contributed by atoms with Crippen molar-refractivity contribution in [2.75, 3.05) is 20.7 Å².